The van der Waals surface area contributed by atoms with Crippen LogP contribution in [-0.2, 0) is 4.79 Å². The van der Waals surface area contributed by atoms with Gasteiger partial charge in [-0.05, 0) is 24.1 Å². The van der Waals surface area contributed by atoms with Crippen molar-refractivity contribution in [3.05, 3.63) is 29.8 Å². The summed E-state index contributed by atoms with van der Waals surface area (Å²) in [5.74, 6) is -0.0891. The Balaban J connectivity index is 2.87. The molecule has 0 bridgehead atoms. The van der Waals surface area contributed by atoms with E-state index in [1.165, 1.54) is 0 Å². The highest BCUT2D eigenvalue weighted by Crippen LogP contribution is 2.25. The van der Waals surface area contributed by atoms with E-state index in [4.69, 9.17) is 4.74 Å². The lowest BCUT2D eigenvalue weighted by Crippen LogP contribution is -2.19. The fraction of sp³-hybridized carbons (Fsp3) is 0.500. The number of nitriles is 1. The highest BCUT2D eigenvalue weighted by molar-refractivity contribution is 5.90. The molecule has 19 heavy (non-hydrogen) atoms. The minimum absolute atomic E-state index is 0.00389. The minimum Gasteiger partial charge on any atom is -0.497 e. The summed E-state index contributed by atoms with van der Waals surface area (Å²) in [7, 11) is 1.58. The van der Waals surface area contributed by atoms with Gasteiger partial charge in [0.25, 0.3) is 0 Å². The van der Waals surface area contributed by atoms with Crippen LogP contribution < -0.4 is 4.74 Å². The lowest BCUT2D eigenvalue weighted by Gasteiger charge is -2.15. The third kappa shape index (κ3) is 4.10. The summed E-state index contributed by atoms with van der Waals surface area (Å²) in [5.41, 5.74) is 0.718. The van der Waals surface area contributed by atoms with Gasteiger partial charge in [0.2, 0.25) is 0 Å². The first-order chi connectivity index (χ1) is 9.13. The highest BCUT2D eigenvalue weighted by Gasteiger charge is 2.25. The molecule has 0 aromatic heterocycles. The standard InChI is InChI=1S/C16H21NO2/c1-4-5-7-12(2)16(18)15(11-17)13-8-6-9-14(10-13)19-3/h6,8-10,12,15H,4-5,7H2,1-3H3. The number of methoxy groups -OCH3 is 1. The SMILES string of the molecule is CCCCC(C)C(=O)C(C#N)c1cccc(OC)c1. The molecule has 1 rings (SSSR count). The van der Waals surface area contributed by atoms with Crippen molar-refractivity contribution in [1.29, 1.82) is 5.26 Å². The summed E-state index contributed by atoms with van der Waals surface area (Å²) >= 11 is 0. The second-order valence-electron chi connectivity index (χ2n) is 4.78. The van der Waals surface area contributed by atoms with Gasteiger partial charge in [-0.25, -0.2) is 0 Å². The average Bonchev–Trinajstić information content (AvgIpc) is 2.45. The van der Waals surface area contributed by atoms with Crippen molar-refractivity contribution in [3.63, 3.8) is 0 Å². The predicted molar refractivity (Wildman–Crippen MR) is 75.0 cm³/mol. The summed E-state index contributed by atoms with van der Waals surface area (Å²) in [6, 6.07) is 9.31. The van der Waals surface area contributed by atoms with Crippen LogP contribution in [-0.4, -0.2) is 12.9 Å². The Morgan fingerprint density at radius 2 is 2.21 bits per heavy atom. The molecular formula is C16H21NO2. The number of nitrogens with zero attached hydrogens (tertiary/aromatic N) is 1. The van der Waals surface area contributed by atoms with E-state index in [9.17, 15) is 10.1 Å². The van der Waals surface area contributed by atoms with Crippen molar-refractivity contribution >= 4 is 5.78 Å². The maximum atomic E-state index is 12.3. The van der Waals surface area contributed by atoms with Gasteiger partial charge in [0.15, 0.2) is 5.78 Å². The van der Waals surface area contributed by atoms with Gasteiger partial charge in [-0.2, -0.15) is 5.26 Å². The number of hydrogen-bond acceptors (Lipinski definition) is 3. The number of rotatable bonds is 7. The number of carbonyl (C=O) groups excluding carboxylic acids is 1. The molecule has 0 saturated carbocycles. The fourth-order valence-corrected chi connectivity index (χ4v) is 2.06. The molecule has 0 fully saturated rings. The van der Waals surface area contributed by atoms with E-state index in [1.54, 1.807) is 19.2 Å². The van der Waals surface area contributed by atoms with E-state index < -0.39 is 5.92 Å². The number of carbonyl (C=O) groups is 1. The Hall–Kier alpha value is -1.82. The smallest absolute Gasteiger partial charge is 0.157 e. The predicted octanol–water partition coefficient (Wildman–Crippen LogP) is 3.70. The molecule has 0 amide bonds. The van der Waals surface area contributed by atoms with Crippen LogP contribution in [0.2, 0.25) is 0 Å². The zero-order valence-corrected chi connectivity index (χ0v) is 11.8. The van der Waals surface area contributed by atoms with Crippen LogP contribution in [0.4, 0.5) is 0 Å². The molecule has 1 aromatic carbocycles. The Labute approximate surface area is 115 Å². The second-order valence-corrected chi connectivity index (χ2v) is 4.78. The lowest BCUT2D eigenvalue weighted by atomic mass is 9.87. The Bertz CT molecular complexity index is 462. The van der Waals surface area contributed by atoms with E-state index in [2.05, 4.69) is 13.0 Å². The van der Waals surface area contributed by atoms with Gasteiger partial charge in [-0.3, -0.25) is 4.79 Å². The van der Waals surface area contributed by atoms with Crippen LogP contribution in [0.15, 0.2) is 24.3 Å². The van der Waals surface area contributed by atoms with E-state index in [0.717, 1.165) is 24.8 Å². The lowest BCUT2D eigenvalue weighted by molar-refractivity contribution is -0.122. The minimum atomic E-state index is -0.693. The molecule has 0 radical (unpaired) electrons. The summed E-state index contributed by atoms with van der Waals surface area (Å²) in [6.45, 7) is 4.00. The van der Waals surface area contributed by atoms with E-state index >= 15 is 0 Å². The van der Waals surface area contributed by atoms with Crippen LogP contribution in [0.5, 0.6) is 5.75 Å². The van der Waals surface area contributed by atoms with E-state index in [1.807, 2.05) is 19.1 Å². The van der Waals surface area contributed by atoms with Crippen molar-refractivity contribution in [2.45, 2.75) is 39.0 Å². The van der Waals surface area contributed by atoms with Crippen LogP contribution in [0.1, 0.15) is 44.6 Å². The number of ether oxygens (including phenoxy) is 1. The van der Waals surface area contributed by atoms with Crippen molar-refractivity contribution in [1.82, 2.24) is 0 Å². The molecule has 0 saturated heterocycles. The quantitative estimate of drug-likeness (QED) is 0.750. The first kappa shape index (κ1) is 15.2. The van der Waals surface area contributed by atoms with Crippen molar-refractivity contribution in [2.75, 3.05) is 7.11 Å². The normalized spacial score (nSPS) is 13.4. The summed E-state index contributed by atoms with van der Waals surface area (Å²) in [6.07, 6.45) is 2.93. The van der Waals surface area contributed by atoms with Crippen molar-refractivity contribution in [3.8, 4) is 11.8 Å². The molecule has 0 aliphatic heterocycles. The molecule has 3 nitrogen and oxygen atoms in total. The highest BCUT2D eigenvalue weighted by atomic mass is 16.5. The number of Topliss-reactive ketones (excluding diaryl/α,β-unsaturated/α-hetero) is 1. The van der Waals surface area contributed by atoms with E-state index in [-0.39, 0.29) is 11.7 Å². The maximum Gasteiger partial charge on any atom is 0.157 e. The van der Waals surface area contributed by atoms with Gasteiger partial charge in [-0.1, -0.05) is 38.8 Å². The summed E-state index contributed by atoms with van der Waals surface area (Å²) in [4.78, 5) is 12.3. The van der Waals surface area contributed by atoms with Crippen molar-refractivity contribution in [2.24, 2.45) is 5.92 Å². The topological polar surface area (TPSA) is 50.1 Å². The van der Waals surface area contributed by atoms with Gasteiger partial charge in [-0.15, -0.1) is 0 Å². The Morgan fingerprint density at radius 3 is 2.79 bits per heavy atom. The number of ketones is 1. The number of unbranched alkanes of at least 4 members (excludes halogenated alkanes) is 1. The molecule has 0 aliphatic rings. The third-order valence-electron chi connectivity index (χ3n) is 3.32. The molecule has 3 heteroatoms. The van der Waals surface area contributed by atoms with Gasteiger partial charge in [0, 0.05) is 5.92 Å². The van der Waals surface area contributed by atoms with Crippen LogP contribution in [0, 0.1) is 17.2 Å². The number of benzene rings is 1. The van der Waals surface area contributed by atoms with Crippen LogP contribution in [0.25, 0.3) is 0 Å². The third-order valence-corrected chi connectivity index (χ3v) is 3.32. The van der Waals surface area contributed by atoms with Crippen LogP contribution >= 0.6 is 0 Å². The van der Waals surface area contributed by atoms with Gasteiger partial charge >= 0.3 is 0 Å². The zero-order chi connectivity index (χ0) is 14.3. The molecule has 102 valence electrons. The molecule has 0 N–H and O–H groups in total. The number of hydrogen-bond donors (Lipinski definition) is 0. The molecule has 1 aromatic rings. The summed E-state index contributed by atoms with van der Waals surface area (Å²) < 4.78 is 5.13. The second kappa shape index (κ2) is 7.58. The fourth-order valence-electron chi connectivity index (χ4n) is 2.06. The van der Waals surface area contributed by atoms with Gasteiger partial charge in [0.1, 0.15) is 11.7 Å². The Morgan fingerprint density at radius 1 is 1.47 bits per heavy atom. The van der Waals surface area contributed by atoms with Crippen molar-refractivity contribution < 1.29 is 9.53 Å². The average molecular weight is 259 g/mol. The monoisotopic (exact) mass is 259 g/mol. The zero-order valence-electron chi connectivity index (χ0n) is 11.8. The first-order valence-corrected chi connectivity index (χ1v) is 6.71. The molecular weight excluding hydrogens is 238 g/mol. The van der Waals surface area contributed by atoms with E-state index in [0.29, 0.717) is 5.75 Å². The molecule has 2 atom stereocenters. The summed E-state index contributed by atoms with van der Waals surface area (Å²) in [5, 5.41) is 9.28. The molecule has 0 aliphatic carbocycles. The van der Waals surface area contributed by atoms with Gasteiger partial charge < -0.3 is 4.74 Å². The maximum absolute atomic E-state index is 12.3. The van der Waals surface area contributed by atoms with Gasteiger partial charge in [0.05, 0.1) is 13.2 Å². The molecule has 2 unspecified atom stereocenters. The Kier molecular flexibility index (Phi) is 6.08. The first-order valence-electron chi connectivity index (χ1n) is 6.71. The largest absolute Gasteiger partial charge is 0.497 e. The molecule has 0 spiro atoms. The molecule has 0 heterocycles. The van der Waals surface area contributed by atoms with Crippen LogP contribution in [0.3, 0.4) is 0 Å².